The second kappa shape index (κ2) is 5.34. The maximum atomic E-state index is 6.06. The minimum absolute atomic E-state index is 0.691. The van der Waals surface area contributed by atoms with Crippen LogP contribution in [0.1, 0.15) is 44.1 Å². The third-order valence-electron chi connectivity index (χ3n) is 5.08. The molecular weight excluding hydrogens is 256 g/mol. The average molecular weight is 279 g/mol. The molecule has 2 aliphatic rings. The molecule has 3 heteroatoms. The molecule has 2 N–H and O–H groups in total. The predicted octanol–water partition coefficient (Wildman–Crippen LogP) is 4.08. The minimum Gasteiger partial charge on any atom is -0.398 e. The Morgan fingerprint density at radius 3 is 2.47 bits per heavy atom. The molecule has 1 aliphatic heterocycles. The number of nitrogens with two attached hydrogens (primary N) is 1. The first kappa shape index (κ1) is 13.3. The standard InChI is InChI=1S/C16H23ClN2/c17-14-3-4-15(18)13(11-14)12-19-9-7-16(8-10-19)5-1-2-6-16/h3-4,11H,1-2,5-10,12,18H2. The van der Waals surface area contributed by atoms with E-state index in [-0.39, 0.29) is 0 Å². The van der Waals surface area contributed by atoms with E-state index in [1.54, 1.807) is 0 Å². The van der Waals surface area contributed by atoms with E-state index in [0.717, 1.165) is 17.3 Å². The van der Waals surface area contributed by atoms with Crippen LogP contribution in [0.5, 0.6) is 0 Å². The first-order chi connectivity index (χ1) is 9.17. The average Bonchev–Trinajstić information content (AvgIpc) is 2.85. The molecule has 1 aliphatic carbocycles. The highest BCUT2D eigenvalue weighted by molar-refractivity contribution is 6.30. The van der Waals surface area contributed by atoms with Gasteiger partial charge in [-0.3, -0.25) is 4.90 Å². The van der Waals surface area contributed by atoms with Gasteiger partial charge in [0.2, 0.25) is 0 Å². The molecule has 1 aromatic carbocycles. The Bertz CT molecular complexity index is 442. The fraction of sp³-hybridized carbons (Fsp3) is 0.625. The largest absolute Gasteiger partial charge is 0.398 e. The summed E-state index contributed by atoms with van der Waals surface area (Å²) in [6.45, 7) is 3.38. The molecule has 1 aromatic rings. The van der Waals surface area contributed by atoms with Crippen molar-refractivity contribution in [3.05, 3.63) is 28.8 Å². The molecule has 0 bridgehead atoms. The van der Waals surface area contributed by atoms with Crippen molar-refractivity contribution in [3.8, 4) is 0 Å². The van der Waals surface area contributed by atoms with Crippen molar-refractivity contribution in [2.75, 3.05) is 18.8 Å². The van der Waals surface area contributed by atoms with Crippen LogP contribution in [-0.4, -0.2) is 18.0 Å². The molecule has 1 saturated heterocycles. The van der Waals surface area contributed by atoms with Crippen LogP contribution in [0.3, 0.4) is 0 Å². The Morgan fingerprint density at radius 2 is 1.79 bits per heavy atom. The Morgan fingerprint density at radius 1 is 1.11 bits per heavy atom. The van der Waals surface area contributed by atoms with Crippen LogP contribution in [-0.2, 0) is 6.54 Å². The lowest BCUT2D eigenvalue weighted by Gasteiger charge is -2.39. The SMILES string of the molecule is Nc1ccc(Cl)cc1CN1CCC2(CCCC2)CC1. The van der Waals surface area contributed by atoms with Crippen molar-refractivity contribution in [2.45, 2.75) is 45.1 Å². The number of hydrogen-bond donors (Lipinski definition) is 1. The fourth-order valence-electron chi connectivity index (χ4n) is 3.76. The van der Waals surface area contributed by atoms with Gasteiger partial charge in [0.1, 0.15) is 0 Å². The molecular formula is C16H23ClN2. The number of nitrogen functional groups attached to an aromatic ring is 1. The zero-order valence-corrected chi connectivity index (χ0v) is 12.3. The van der Waals surface area contributed by atoms with Crippen molar-refractivity contribution >= 4 is 17.3 Å². The Labute approximate surface area is 120 Å². The molecule has 104 valence electrons. The van der Waals surface area contributed by atoms with Crippen LogP contribution in [0.2, 0.25) is 5.02 Å². The van der Waals surface area contributed by atoms with E-state index in [0.29, 0.717) is 5.41 Å². The normalized spacial score (nSPS) is 23.0. The first-order valence-corrected chi connectivity index (χ1v) is 7.81. The number of piperidine rings is 1. The second-order valence-electron chi connectivity index (χ2n) is 6.33. The highest BCUT2D eigenvalue weighted by Crippen LogP contribution is 2.46. The number of halogens is 1. The van der Waals surface area contributed by atoms with E-state index in [2.05, 4.69) is 4.90 Å². The van der Waals surface area contributed by atoms with Crippen LogP contribution in [0, 0.1) is 5.41 Å². The molecule has 1 heterocycles. The van der Waals surface area contributed by atoms with Gasteiger partial charge in [-0.05, 0) is 68.0 Å². The number of nitrogens with zero attached hydrogens (tertiary/aromatic N) is 1. The van der Waals surface area contributed by atoms with Crippen LogP contribution < -0.4 is 5.73 Å². The summed E-state index contributed by atoms with van der Waals surface area (Å²) in [4.78, 5) is 2.53. The van der Waals surface area contributed by atoms with E-state index in [9.17, 15) is 0 Å². The molecule has 19 heavy (non-hydrogen) atoms. The number of likely N-dealkylation sites (tertiary alicyclic amines) is 1. The first-order valence-electron chi connectivity index (χ1n) is 7.43. The van der Waals surface area contributed by atoms with E-state index in [4.69, 9.17) is 17.3 Å². The molecule has 0 aromatic heterocycles. The van der Waals surface area contributed by atoms with Gasteiger partial charge in [-0.1, -0.05) is 24.4 Å². The molecule has 3 rings (SSSR count). The minimum atomic E-state index is 0.691. The highest BCUT2D eigenvalue weighted by atomic mass is 35.5. The number of anilines is 1. The lowest BCUT2D eigenvalue weighted by atomic mass is 9.77. The van der Waals surface area contributed by atoms with E-state index >= 15 is 0 Å². The molecule has 1 saturated carbocycles. The van der Waals surface area contributed by atoms with E-state index < -0.39 is 0 Å². The molecule has 2 nitrogen and oxygen atoms in total. The van der Waals surface area contributed by atoms with Crippen LogP contribution in [0.4, 0.5) is 5.69 Å². The molecule has 1 spiro atoms. The summed E-state index contributed by atoms with van der Waals surface area (Å²) in [7, 11) is 0. The predicted molar refractivity (Wildman–Crippen MR) is 81.3 cm³/mol. The fourth-order valence-corrected chi connectivity index (χ4v) is 3.96. The van der Waals surface area contributed by atoms with Crippen molar-refractivity contribution in [1.29, 1.82) is 0 Å². The van der Waals surface area contributed by atoms with Crippen LogP contribution in [0.15, 0.2) is 18.2 Å². The molecule has 0 unspecified atom stereocenters. The summed E-state index contributed by atoms with van der Waals surface area (Å²) < 4.78 is 0. The lowest BCUT2D eigenvalue weighted by molar-refractivity contribution is 0.104. The van der Waals surface area contributed by atoms with Gasteiger partial charge in [-0.2, -0.15) is 0 Å². The summed E-state index contributed by atoms with van der Waals surface area (Å²) in [5.41, 5.74) is 8.77. The molecule has 0 radical (unpaired) electrons. The van der Waals surface area contributed by atoms with Gasteiger partial charge in [0.15, 0.2) is 0 Å². The summed E-state index contributed by atoms with van der Waals surface area (Å²) in [6.07, 6.45) is 8.55. The summed E-state index contributed by atoms with van der Waals surface area (Å²) in [6, 6.07) is 5.79. The Kier molecular flexibility index (Phi) is 3.72. The third-order valence-corrected chi connectivity index (χ3v) is 5.32. The van der Waals surface area contributed by atoms with Crippen molar-refractivity contribution in [2.24, 2.45) is 5.41 Å². The van der Waals surface area contributed by atoms with Gasteiger partial charge >= 0.3 is 0 Å². The van der Waals surface area contributed by atoms with Crippen molar-refractivity contribution < 1.29 is 0 Å². The van der Waals surface area contributed by atoms with E-state index in [1.807, 2.05) is 18.2 Å². The topological polar surface area (TPSA) is 29.3 Å². The highest BCUT2D eigenvalue weighted by Gasteiger charge is 2.36. The summed E-state index contributed by atoms with van der Waals surface area (Å²) in [5.74, 6) is 0. The third kappa shape index (κ3) is 2.90. The monoisotopic (exact) mass is 278 g/mol. The maximum absolute atomic E-state index is 6.06. The summed E-state index contributed by atoms with van der Waals surface area (Å²) >= 11 is 6.06. The van der Waals surface area contributed by atoms with Crippen molar-refractivity contribution in [1.82, 2.24) is 4.90 Å². The molecule has 0 atom stereocenters. The quantitative estimate of drug-likeness (QED) is 0.826. The molecule has 0 amide bonds. The Balaban J connectivity index is 1.61. The van der Waals surface area contributed by atoms with Crippen molar-refractivity contribution in [3.63, 3.8) is 0 Å². The van der Waals surface area contributed by atoms with Gasteiger partial charge in [-0.25, -0.2) is 0 Å². The summed E-state index contributed by atoms with van der Waals surface area (Å²) in [5, 5.41) is 0.786. The van der Waals surface area contributed by atoms with Gasteiger partial charge < -0.3 is 5.73 Å². The Hall–Kier alpha value is -0.730. The number of rotatable bonds is 2. The van der Waals surface area contributed by atoms with Gasteiger partial charge in [0, 0.05) is 17.3 Å². The maximum Gasteiger partial charge on any atom is 0.0410 e. The van der Waals surface area contributed by atoms with Gasteiger partial charge in [0.05, 0.1) is 0 Å². The number of benzene rings is 1. The molecule has 2 fully saturated rings. The van der Waals surface area contributed by atoms with Gasteiger partial charge in [0.25, 0.3) is 0 Å². The number of hydrogen-bond acceptors (Lipinski definition) is 2. The van der Waals surface area contributed by atoms with Gasteiger partial charge in [-0.15, -0.1) is 0 Å². The zero-order valence-electron chi connectivity index (χ0n) is 11.5. The van der Waals surface area contributed by atoms with Crippen LogP contribution in [0.25, 0.3) is 0 Å². The zero-order chi connectivity index (χ0) is 13.3. The second-order valence-corrected chi connectivity index (χ2v) is 6.76. The lowest BCUT2D eigenvalue weighted by Crippen LogP contribution is -2.38. The smallest absolute Gasteiger partial charge is 0.0410 e. The van der Waals surface area contributed by atoms with Crippen LogP contribution >= 0.6 is 11.6 Å². The van der Waals surface area contributed by atoms with E-state index in [1.165, 1.54) is 57.2 Å².